The SMILES string of the molecule is CC(C)(C)n1c(-c2ccccc2-c2ncn[nH]2)nc2cc(-c3cnc(N)nc3)ccc21. The van der Waals surface area contributed by atoms with Gasteiger partial charge in [0.25, 0.3) is 0 Å². The molecule has 0 bridgehead atoms. The third-order valence-electron chi connectivity index (χ3n) is 5.17. The van der Waals surface area contributed by atoms with E-state index >= 15 is 0 Å². The van der Waals surface area contributed by atoms with Crippen LogP contribution in [0.4, 0.5) is 5.95 Å². The zero-order chi connectivity index (χ0) is 21.6. The topological polar surface area (TPSA) is 111 Å². The fourth-order valence-corrected chi connectivity index (χ4v) is 3.83. The van der Waals surface area contributed by atoms with Crippen LogP contribution in [0.1, 0.15) is 20.8 Å². The van der Waals surface area contributed by atoms with Gasteiger partial charge in [-0.3, -0.25) is 5.10 Å². The van der Waals surface area contributed by atoms with E-state index in [1.54, 1.807) is 12.4 Å². The molecule has 0 saturated heterocycles. The number of rotatable bonds is 3. The first-order valence-corrected chi connectivity index (χ1v) is 9.98. The third-order valence-corrected chi connectivity index (χ3v) is 5.17. The number of H-pyrrole nitrogens is 1. The minimum absolute atomic E-state index is 0.190. The molecule has 0 spiro atoms. The lowest BCUT2D eigenvalue weighted by Crippen LogP contribution is -2.22. The molecule has 3 aromatic heterocycles. The molecule has 0 amide bonds. The molecule has 0 saturated carbocycles. The van der Waals surface area contributed by atoms with Gasteiger partial charge >= 0.3 is 0 Å². The van der Waals surface area contributed by atoms with Gasteiger partial charge in [0, 0.05) is 34.6 Å². The molecular formula is C23H22N8. The van der Waals surface area contributed by atoms with Crippen LogP contribution < -0.4 is 5.73 Å². The number of nitrogens with two attached hydrogens (primary N) is 1. The molecule has 5 aromatic rings. The zero-order valence-electron chi connectivity index (χ0n) is 17.5. The number of anilines is 1. The summed E-state index contributed by atoms with van der Waals surface area (Å²) in [5.41, 5.74) is 11.2. The summed E-state index contributed by atoms with van der Waals surface area (Å²) in [6, 6.07) is 14.3. The number of aromatic nitrogens is 7. The van der Waals surface area contributed by atoms with Gasteiger partial charge < -0.3 is 10.3 Å². The van der Waals surface area contributed by atoms with Crippen molar-refractivity contribution in [2.45, 2.75) is 26.3 Å². The first kappa shape index (κ1) is 18.9. The first-order valence-electron chi connectivity index (χ1n) is 9.98. The van der Waals surface area contributed by atoms with Crippen LogP contribution in [0.5, 0.6) is 0 Å². The largest absolute Gasteiger partial charge is 0.368 e. The standard InChI is InChI=1S/C23H22N8/c1-23(2,3)31-19-9-8-14(15-11-25-22(24)26-12-15)10-18(19)29-21(31)17-7-5-4-6-16(17)20-27-13-28-30-20/h4-13H,1-3H3,(H2,24,25,26)(H,27,28,30). The van der Waals surface area contributed by atoms with Gasteiger partial charge in [0.05, 0.1) is 11.0 Å². The van der Waals surface area contributed by atoms with Crippen molar-refractivity contribution in [3.63, 3.8) is 0 Å². The van der Waals surface area contributed by atoms with Gasteiger partial charge in [-0.2, -0.15) is 5.10 Å². The summed E-state index contributed by atoms with van der Waals surface area (Å²) in [4.78, 5) is 17.6. The van der Waals surface area contributed by atoms with E-state index in [1.807, 2.05) is 18.2 Å². The van der Waals surface area contributed by atoms with Crippen molar-refractivity contribution in [2.24, 2.45) is 0 Å². The van der Waals surface area contributed by atoms with Crippen molar-refractivity contribution >= 4 is 17.0 Å². The van der Waals surface area contributed by atoms with Crippen molar-refractivity contribution < 1.29 is 0 Å². The molecule has 5 rings (SSSR count). The van der Waals surface area contributed by atoms with Gasteiger partial charge in [-0.15, -0.1) is 0 Å². The Morgan fingerprint density at radius 2 is 1.65 bits per heavy atom. The van der Waals surface area contributed by atoms with E-state index in [2.05, 4.69) is 74.8 Å². The second-order valence-electron chi connectivity index (χ2n) is 8.35. The summed E-state index contributed by atoms with van der Waals surface area (Å²) >= 11 is 0. The number of nitrogen functional groups attached to an aromatic ring is 1. The van der Waals surface area contributed by atoms with Crippen LogP contribution in [0, 0.1) is 0 Å². The molecule has 31 heavy (non-hydrogen) atoms. The third kappa shape index (κ3) is 3.31. The van der Waals surface area contributed by atoms with Crippen LogP contribution in [0.3, 0.4) is 0 Å². The quantitative estimate of drug-likeness (QED) is 0.459. The summed E-state index contributed by atoms with van der Waals surface area (Å²) in [6.07, 6.45) is 4.97. The highest BCUT2D eigenvalue weighted by Gasteiger charge is 2.24. The van der Waals surface area contributed by atoms with Gasteiger partial charge in [-0.05, 0) is 38.5 Å². The number of hydrogen-bond acceptors (Lipinski definition) is 6. The van der Waals surface area contributed by atoms with Gasteiger partial charge in [-0.1, -0.05) is 30.3 Å². The molecule has 2 aromatic carbocycles. The van der Waals surface area contributed by atoms with Crippen molar-refractivity contribution in [1.29, 1.82) is 0 Å². The van der Waals surface area contributed by atoms with E-state index in [0.29, 0.717) is 5.82 Å². The van der Waals surface area contributed by atoms with Crippen molar-refractivity contribution in [3.05, 3.63) is 61.2 Å². The lowest BCUT2D eigenvalue weighted by atomic mass is 10.0. The number of fused-ring (bicyclic) bond motifs is 1. The maximum atomic E-state index is 5.64. The maximum Gasteiger partial charge on any atom is 0.219 e. The van der Waals surface area contributed by atoms with E-state index in [0.717, 1.165) is 39.1 Å². The number of benzene rings is 2. The number of hydrogen-bond donors (Lipinski definition) is 2. The lowest BCUT2D eigenvalue weighted by Gasteiger charge is -2.25. The molecule has 0 unspecified atom stereocenters. The summed E-state index contributed by atoms with van der Waals surface area (Å²) in [5.74, 6) is 1.84. The molecule has 3 heterocycles. The number of aromatic amines is 1. The highest BCUT2D eigenvalue weighted by Crippen LogP contribution is 2.36. The highest BCUT2D eigenvalue weighted by atomic mass is 15.2. The van der Waals surface area contributed by atoms with E-state index in [4.69, 9.17) is 10.7 Å². The van der Waals surface area contributed by atoms with Gasteiger partial charge in [0.2, 0.25) is 5.95 Å². The molecule has 0 atom stereocenters. The Hall–Kier alpha value is -4.07. The Bertz CT molecular complexity index is 1360. The molecular weight excluding hydrogens is 388 g/mol. The second kappa shape index (κ2) is 7.02. The summed E-state index contributed by atoms with van der Waals surface area (Å²) in [7, 11) is 0. The summed E-state index contributed by atoms with van der Waals surface area (Å²) < 4.78 is 2.26. The predicted molar refractivity (Wildman–Crippen MR) is 121 cm³/mol. The van der Waals surface area contributed by atoms with Crippen LogP contribution in [-0.2, 0) is 5.54 Å². The van der Waals surface area contributed by atoms with Crippen molar-refractivity contribution in [3.8, 4) is 33.9 Å². The Labute approximate surface area is 179 Å². The fraction of sp³-hybridized carbons (Fsp3) is 0.174. The van der Waals surface area contributed by atoms with E-state index < -0.39 is 0 Å². The molecule has 0 radical (unpaired) electrons. The smallest absolute Gasteiger partial charge is 0.219 e. The van der Waals surface area contributed by atoms with Crippen molar-refractivity contribution in [2.75, 3.05) is 5.73 Å². The maximum absolute atomic E-state index is 5.64. The van der Waals surface area contributed by atoms with Crippen LogP contribution in [0.15, 0.2) is 61.2 Å². The lowest BCUT2D eigenvalue weighted by molar-refractivity contribution is 0.413. The monoisotopic (exact) mass is 410 g/mol. The van der Waals surface area contributed by atoms with E-state index in [1.165, 1.54) is 6.33 Å². The van der Waals surface area contributed by atoms with Crippen LogP contribution in [0.2, 0.25) is 0 Å². The van der Waals surface area contributed by atoms with E-state index in [9.17, 15) is 0 Å². The fourth-order valence-electron chi connectivity index (χ4n) is 3.83. The van der Waals surface area contributed by atoms with E-state index in [-0.39, 0.29) is 11.5 Å². The number of nitrogens with one attached hydrogen (secondary N) is 1. The molecule has 0 aliphatic rings. The zero-order valence-corrected chi connectivity index (χ0v) is 17.5. The van der Waals surface area contributed by atoms with Crippen LogP contribution >= 0.6 is 0 Å². The average Bonchev–Trinajstić information content (AvgIpc) is 3.41. The number of nitrogens with zero attached hydrogens (tertiary/aromatic N) is 6. The Morgan fingerprint density at radius 3 is 2.32 bits per heavy atom. The minimum atomic E-state index is -0.190. The minimum Gasteiger partial charge on any atom is -0.368 e. The van der Waals surface area contributed by atoms with Crippen LogP contribution in [0.25, 0.3) is 44.9 Å². The Balaban J connectivity index is 1.75. The van der Waals surface area contributed by atoms with Crippen LogP contribution in [-0.4, -0.2) is 34.7 Å². The van der Waals surface area contributed by atoms with Gasteiger partial charge in [-0.25, -0.2) is 19.9 Å². The molecule has 154 valence electrons. The molecule has 0 aliphatic heterocycles. The second-order valence-corrected chi connectivity index (χ2v) is 8.35. The molecule has 8 heteroatoms. The summed E-state index contributed by atoms with van der Waals surface area (Å²) in [5, 5.41) is 6.98. The Morgan fingerprint density at radius 1 is 0.903 bits per heavy atom. The van der Waals surface area contributed by atoms with Gasteiger partial charge in [0.1, 0.15) is 12.2 Å². The molecule has 0 aliphatic carbocycles. The average molecular weight is 410 g/mol. The normalized spacial score (nSPS) is 11.8. The van der Waals surface area contributed by atoms with Gasteiger partial charge in [0.15, 0.2) is 5.82 Å². The molecule has 0 fully saturated rings. The Kier molecular flexibility index (Phi) is 4.28. The molecule has 8 nitrogen and oxygen atoms in total. The highest BCUT2D eigenvalue weighted by molar-refractivity contribution is 5.88. The predicted octanol–water partition coefficient (Wildman–Crippen LogP) is 4.28. The molecule has 3 N–H and O–H groups in total. The summed E-state index contributed by atoms with van der Waals surface area (Å²) in [6.45, 7) is 6.53. The van der Waals surface area contributed by atoms with Crippen molar-refractivity contribution in [1.82, 2.24) is 34.7 Å². The first-order chi connectivity index (χ1) is 14.9. The number of imidazole rings is 1.